The minimum absolute atomic E-state index is 0.165. The van der Waals surface area contributed by atoms with Crippen molar-refractivity contribution in [3.63, 3.8) is 0 Å². The fraction of sp³-hybridized carbons (Fsp3) is 0.857. The van der Waals surface area contributed by atoms with Crippen LogP contribution in [0.25, 0.3) is 0 Å². The Bertz CT molecular complexity index is 262. The minimum atomic E-state index is 0.165. The van der Waals surface area contributed by atoms with Gasteiger partial charge in [0.15, 0.2) is 5.82 Å². The lowest BCUT2D eigenvalue weighted by Crippen LogP contribution is -2.37. The molecular formula is C7H15ClN6. The van der Waals surface area contributed by atoms with Gasteiger partial charge in [0.2, 0.25) is 0 Å². The molecule has 0 bridgehead atoms. The average Bonchev–Trinajstić information content (AvgIpc) is 2.58. The molecule has 0 aromatic carbocycles. The first-order valence-electron chi connectivity index (χ1n) is 4.51. The largest absolute Gasteiger partial charge is 0.271 e. The van der Waals surface area contributed by atoms with Gasteiger partial charge in [0.1, 0.15) is 0 Å². The first kappa shape index (κ1) is 11.4. The van der Waals surface area contributed by atoms with Crippen LogP contribution in [0.1, 0.15) is 18.7 Å². The summed E-state index contributed by atoms with van der Waals surface area (Å²) in [4.78, 5) is 1.43. The second-order valence-corrected chi connectivity index (χ2v) is 3.47. The molecule has 1 aromatic rings. The van der Waals surface area contributed by atoms with E-state index in [0.717, 1.165) is 12.8 Å². The molecule has 0 aliphatic rings. The fourth-order valence-electron chi connectivity index (χ4n) is 1.19. The van der Waals surface area contributed by atoms with Crippen LogP contribution in [-0.2, 0) is 13.5 Å². The van der Waals surface area contributed by atoms with Gasteiger partial charge in [-0.1, -0.05) is 0 Å². The number of nitrogens with zero attached hydrogens (tertiary/aromatic N) is 4. The van der Waals surface area contributed by atoms with Crippen LogP contribution in [0.4, 0.5) is 0 Å². The highest BCUT2D eigenvalue weighted by molar-refractivity contribution is 6.17. The van der Waals surface area contributed by atoms with E-state index in [1.807, 2.05) is 0 Å². The van der Waals surface area contributed by atoms with E-state index in [0.29, 0.717) is 18.1 Å². The van der Waals surface area contributed by atoms with Crippen molar-refractivity contribution in [2.75, 3.05) is 5.88 Å². The molecule has 0 fully saturated rings. The van der Waals surface area contributed by atoms with Gasteiger partial charge in [-0.05, 0) is 18.1 Å². The summed E-state index contributed by atoms with van der Waals surface area (Å²) in [5.41, 5.74) is 2.72. The molecule has 1 aromatic heterocycles. The van der Waals surface area contributed by atoms with Gasteiger partial charge in [0, 0.05) is 18.3 Å². The standard InChI is InChI=1S/C7H15ClN6/c1-14-12-7(11-13-14)5-6(10-9)3-2-4-8/h6,10H,2-5,9H2,1H3. The maximum Gasteiger partial charge on any atom is 0.176 e. The van der Waals surface area contributed by atoms with E-state index in [4.69, 9.17) is 17.4 Å². The van der Waals surface area contributed by atoms with Gasteiger partial charge in [-0.25, -0.2) is 0 Å². The molecule has 14 heavy (non-hydrogen) atoms. The highest BCUT2D eigenvalue weighted by Gasteiger charge is 2.10. The number of tetrazole rings is 1. The Balaban J connectivity index is 2.40. The quantitative estimate of drug-likeness (QED) is 0.386. The second kappa shape index (κ2) is 5.90. The Kier molecular flexibility index (Phi) is 4.78. The van der Waals surface area contributed by atoms with Gasteiger partial charge in [-0.15, -0.1) is 21.8 Å². The van der Waals surface area contributed by atoms with E-state index >= 15 is 0 Å². The molecule has 0 spiro atoms. The van der Waals surface area contributed by atoms with Crippen molar-refractivity contribution >= 4 is 11.6 Å². The summed E-state index contributed by atoms with van der Waals surface area (Å²) in [6, 6.07) is 0.165. The molecule has 1 heterocycles. The number of hydrogen-bond donors (Lipinski definition) is 2. The molecule has 6 nitrogen and oxygen atoms in total. The molecule has 1 atom stereocenters. The summed E-state index contributed by atoms with van der Waals surface area (Å²) in [6.45, 7) is 0. The normalized spacial score (nSPS) is 13.1. The van der Waals surface area contributed by atoms with Crippen molar-refractivity contribution in [3.8, 4) is 0 Å². The zero-order valence-electron chi connectivity index (χ0n) is 8.15. The van der Waals surface area contributed by atoms with Crippen LogP contribution >= 0.6 is 11.6 Å². The van der Waals surface area contributed by atoms with Gasteiger partial charge in [-0.3, -0.25) is 11.3 Å². The topological polar surface area (TPSA) is 81.7 Å². The lowest BCUT2D eigenvalue weighted by atomic mass is 10.1. The second-order valence-electron chi connectivity index (χ2n) is 3.09. The number of nitrogens with two attached hydrogens (primary N) is 1. The third-order valence-electron chi connectivity index (χ3n) is 1.90. The summed E-state index contributed by atoms with van der Waals surface area (Å²) in [6.07, 6.45) is 2.52. The number of hydrazine groups is 1. The smallest absolute Gasteiger partial charge is 0.176 e. The zero-order chi connectivity index (χ0) is 10.4. The Morgan fingerprint density at radius 3 is 2.93 bits per heavy atom. The number of hydrogen-bond acceptors (Lipinski definition) is 5. The van der Waals surface area contributed by atoms with E-state index in [2.05, 4.69) is 20.8 Å². The molecule has 0 aliphatic carbocycles. The fourth-order valence-corrected chi connectivity index (χ4v) is 1.35. The summed E-state index contributed by atoms with van der Waals surface area (Å²) < 4.78 is 0. The Morgan fingerprint density at radius 2 is 2.43 bits per heavy atom. The van der Waals surface area contributed by atoms with Crippen LogP contribution in [0, 0.1) is 0 Å². The number of nitrogens with one attached hydrogen (secondary N) is 1. The molecule has 3 N–H and O–H groups in total. The predicted octanol–water partition coefficient (Wildman–Crippen LogP) is -0.396. The SMILES string of the molecule is Cn1nnc(CC(CCCCl)NN)n1. The van der Waals surface area contributed by atoms with E-state index in [9.17, 15) is 0 Å². The molecule has 80 valence electrons. The van der Waals surface area contributed by atoms with Crippen molar-refractivity contribution < 1.29 is 0 Å². The zero-order valence-corrected chi connectivity index (χ0v) is 8.91. The number of rotatable bonds is 6. The van der Waals surface area contributed by atoms with E-state index in [1.165, 1.54) is 4.80 Å². The Labute approximate surface area is 87.8 Å². The van der Waals surface area contributed by atoms with Crippen molar-refractivity contribution in [1.82, 2.24) is 25.6 Å². The summed E-state index contributed by atoms with van der Waals surface area (Å²) in [7, 11) is 1.74. The van der Waals surface area contributed by atoms with Crippen molar-refractivity contribution in [1.29, 1.82) is 0 Å². The van der Waals surface area contributed by atoms with Crippen molar-refractivity contribution in [3.05, 3.63) is 5.82 Å². The molecule has 1 rings (SSSR count). The van der Waals surface area contributed by atoms with Crippen LogP contribution < -0.4 is 11.3 Å². The molecule has 0 saturated heterocycles. The van der Waals surface area contributed by atoms with Crippen LogP contribution in [0.3, 0.4) is 0 Å². The predicted molar refractivity (Wildman–Crippen MR) is 53.6 cm³/mol. The van der Waals surface area contributed by atoms with E-state index in [1.54, 1.807) is 7.05 Å². The van der Waals surface area contributed by atoms with Crippen LogP contribution in [0.2, 0.25) is 0 Å². The summed E-state index contributed by atoms with van der Waals surface area (Å²) in [5, 5.41) is 11.7. The van der Waals surface area contributed by atoms with Crippen LogP contribution in [0.5, 0.6) is 0 Å². The van der Waals surface area contributed by atoms with Gasteiger partial charge < -0.3 is 0 Å². The lowest BCUT2D eigenvalue weighted by molar-refractivity contribution is 0.477. The van der Waals surface area contributed by atoms with Gasteiger partial charge in [0.25, 0.3) is 0 Å². The lowest BCUT2D eigenvalue weighted by Gasteiger charge is -2.12. The van der Waals surface area contributed by atoms with Gasteiger partial charge in [0.05, 0.1) is 7.05 Å². The summed E-state index contributed by atoms with van der Waals surface area (Å²) in [5.74, 6) is 6.74. The minimum Gasteiger partial charge on any atom is -0.271 e. The van der Waals surface area contributed by atoms with Crippen LogP contribution in [-0.4, -0.2) is 32.1 Å². The van der Waals surface area contributed by atoms with Gasteiger partial charge in [-0.2, -0.15) is 4.80 Å². The molecule has 0 saturated carbocycles. The Morgan fingerprint density at radius 1 is 1.64 bits per heavy atom. The van der Waals surface area contributed by atoms with E-state index < -0.39 is 0 Å². The number of aryl methyl sites for hydroxylation is 1. The van der Waals surface area contributed by atoms with Gasteiger partial charge >= 0.3 is 0 Å². The van der Waals surface area contributed by atoms with E-state index in [-0.39, 0.29) is 6.04 Å². The summed E-state index contributed by atoms with van der Waals surface area (Å²) >= 11 is 5.59. The highest BCUT2D eigenvalue weighted by Crippen LogP contribution is 2.02. The molecule has 1 unspecified atom stereocenters. The average molecular weight is 219 g/mol. The first-order valence-corrected chi connectivity index (χ1v) is 5.04. The maximum atomic E-state index is 5.59. The maximum absolute atomic E-state index is 5.59. The monoisotopic (exact) mass is 218 g/mol. The number of halogens is 1. The third-order valence-corrected chi connectivity index (χ3v) is 2.17. The molecule has 0 radical (unpaired) electrons. The molecule has 0 aliphatic heterocycles. The molecule has 7 heteroatoms. The Hall–Kier alpha value is -0.720. The third kappa shape index (κ3) is 3.57. The van der Waals surface area contributed by atoms with Crippen LogP contribution in [0.15, 0.2) is 0 Å². The van der Waals surface area contributed by atoms with Crippen molar-refractivity contribution in [2.45, 2.75) is 25.3 Å². The number of alkyl halides is 1. The first-order chi connectivity index (χ1) is 6.76. The molecular weight excluding hydrogens is 204 g/mol. The number of aromatic nitrogens is 4. The highest BCUT2D eigenvalue weighted by atomic mass is 35.5. The van der Waals surface area contributed by atoms with Crippen molar-refractivity contribution in [2.24, 2.45) is 12.9 Å². The molecule has 0 amide bonds.